The summed E-state index contributed by atoms with van der Waals surface area (Å²) < 4.78 is 0. The molecule has 1 atom stereocenters. The lowest BCUT2D eigenvalue weighted by Gasteiger charge is -2.12. The number of aliphatic hydroxyl groups is 1. The molecule has 0 fully saturated rings. The molecule has 0 radical (unpaired) electrons. The van der Waals surface area contributed by atoms with Gasteiger partial charge < -0.3 is 5.11 Å². The van der Waals surface area contributed by atoms with E-state index in [-0.39, 0.29) is 5.92 Å². The summed E-state index contributed by atoms with van der Waals surface area (Å²) in [6.45, 7) is 3.91. The van der Waals surface area contributed by atoms with E-state index in [1.54, 1.807) is 12.4 Å². The van der Waals surface area contributed by atoms with Crippen LogP contribution >= 0.6 is 0 Å². The maximum atomic E-state index is 9.52. The Labute approximate surface area is 66.1 Å². The first kappa shape index (κ1) is 8.14. The van der Waals surface area contributed by atoms with Crippen molar-refractivity contribution in [1.82, 2.24) is 9.97 Å². The van der Waals surface area contributed by atoms with Gasteiger partial charge >= 0.3 is 0 Å². The van der Waals surface area contributed by atoms with Crippen LogP contribution in [0.3, 0.4) is 0 Å². The van der Waals surface area contributed by atoms with E-state index in [2.05, 4.69) is 9.97 Å². The van der Waals surface area contributed by atoms with Gasteiger partial charge in [-0.05, 0) is 5.92 Å². The second kappa shape index (κ2) is 3.44. The monoisotopic (exact) mass is 152 g/mol. The van der Waals surface area contributed by atoms with Crippen molar-refractivity contribution in [1.29, 1.82) is 0 Å². The quantitative estimate of drug-likeness (QED) is 0.691. The van der Waals surface area contributed by atoms with Crippen molar-refractivity contribution in [3.63, 3.8) is 0 Å². The fourth-order valence-electron chi connectivity index (χ4n) is 0.848. The van der Waals surface area contributed by atoms with Gasteiger partial charge in [-0.25, -0.2) is 9.97 Å². The van der Waals surface area contributed by atoms with E-state index >= 15 is 0 Å². The third-order valence-electron chi connectivity index (χ3n) is 1.55. The van der Waals surface area contributed by atoms with Crippen LogP contribution in [0.15, 0.2) is 18.7 Å². The summed E-state index contributed by atoms with van der Waals surface area (Å²) >= 11 is 0. The Morgan fingerprint density at radius 1 is 1.27 bits per heavy atom. The lowest BCUT2D eigenvalue weighted by Crippen LogP contribution is -2.05. The van der Waals surface area contributed by atoms with Gasteiger partial charge in [0.15, 0.2) is 0 Å². The highest BCUT2D eigenvalue weighted by Crippen LogP contribution is 2.18. The standard InChI is InChI=1S/C8H12N2O/c1-6(2)8(11)7-3-9-5-10-4-7/h3-6,8,11H,1-2H3/t8-/m0/s1. The van der Waals surface area contributed by atoms with Crippen molar-refractivity contribution in [3.05, 3.63) is 24.3 Å². The number of aromatic nitrogens is 2. The van der Waals surface area contributed by atoms with Crippen LogP contribution in [0.1, 0.15) is 25.5 Å². The van der Waals surface area contributed by atoms with Crippen molar-refractivity contribution >= 4 is 0 Å². The average molecular weight is 152 g/mol. The van der Waals surface area contributed by atoms with Crippen LogP contribution in [0, 0.1) is 5.92 Å². The predicted molar refractivity (Wildman–Crippen MR) is 41.8 cm³/mol. The minimum atomic E-state index is -0.448. The van der Waals surface area contributed by atoms with Crippen LogP contribution in [-0.2, 0) is 0 Å². The number of hydrogen-bond acceptors (Lipinski definition) is 3. The normalized spacial score (nSPS) is 13.5. The van der Waals surface area contributed by atoms with Gasteiger partial charge in [0, 0.05) is 18.0 Å². The molecule has 1 aromatic rings. The lowest BCUT2D eigenvalue weighted by molar-refractivity contribution is 0.126. The van der Waals surface area contributed by atoms with Gasteiger partial charge in [0.25, 0.3) is 0 Å². The highest BCUT2D eigenvalue weighted by molar-refractivity contribution is 5.06. The molecule has 1 N–H and O–H groups in total. The zero-order valence-electron chi connectivity index (χ0n) is 6.73. The maximum Gasteiger partial charge on any atom is 0.115 e. The van der Waals surface area contributed by atoms with Gasteiger partial charge in [-0.2, -0.15) is 0 Å². The molecule has 0 aliphatic heterocycles. The largest absolute Gasteiger partial charge is 0.388 e. The molecule has 60 valence electrons. The van der Waals surface area contributed by atoms with Gasteiger partial charge in [0.05, 0.1) is 6.10 Å². The summed E-state index contributed by atoms with van der Waals surface area (Å²) in [5, 5.41) is 9.52. The summed E-state index contributed by atoms with van der Waals surface area (Å²) in [5.41, 5.74) is 0.780. The van der Waals surface area contributed by atoms with Gasteiger partial charge in [0.1, 0.15) is 6.33 Å². The van der Waals surface area contributed by atoms with E-state index in [0.29, 0.717) is 0 Å². The SMILES string of the molecule is CC(C)[C@H](O)c1cncnc1. The average Bonchev–Trinajstić information content (AvgIpc) is 2.05. The predicted octanol–water partition coefficient (Wildman–Crippen LogP) is 1.17. The lowest BCUT2D eigenvalue weighted by atomic mass is 10.0. The number of aliphatic hydroxyl groups excluding tert-OH is 1. The molecule has 0 unspecified atom stereocenters. The Morgan fingerprint density at radius 2 is 1.82 bits per heavy atom. The molecule has 3 heteroatoms. The third kappa shape index (κ3) is 1.98. The van der Waals surface area contributed by atoms with Crippen LogP contribution in [0.5, 0.6) is 0 Å². The van der Waals surface area contributed by atoms with Gasteiger partial charge in [-0.3, -0.25) is 0 Å². The van der Waals surface area contributed by atoms with E-state index < -0.39 is 6.10 Å². The smallest absolute Gasteiger partial charge is 0.115 e. The fourth-order valence-corrected chi connectivity index (χ4v) is 0.848. The molecule has 0 saturated heterocycles. The molecule has 1 heterocycles. The van der Waals surface area contributed by atoms with Crippen LogP contribution in [0.25, 0.3) is 0 Å². The fraction of sp³-hybridized carbons (Fsp3) is 0.500. The van der Waals surface area contributed by atoms with Crippen LogP contribution in [0.4, 0.5) is 0 Å². The maximum absolute atomic E-state index is 9.52. The summed E-state index contributed by atoms with van der Waals surface area (Å²) in [6.07, 6.45) is 4.28. The molecule has 0 spiro atoms. The van der Waals surface area contributed by atoms with Crippen molar-refractivity contribution < 1.29 is 5.11 Å². The summed E-state index contributed by atoms with van der Waals surface area (Å²) in [5.74, 6) is 0.209. The van der Waals surface area contributed by atoms with Crippen molar-refractivity contribution in [3.8, 4) is 0 Å². The molecule has 0 aromatic carbocycles. The first-order valence-electron chi connectivity index (χ1n) is 3.65. The minimum absolute atomic E-state index is 0.209. The molecule has 11 heavy (non-hydrogen) atoms. The Morgan fingerprint density at radius 3 is 2.27 bits per heavy atom. The van der Waals surface area contributed by atoms with E-state index in [1.165, 1.54) is 6.33 Å². The molecule has 0 saturated carbocycles. The minimum Gasteiger partial charge on any atom is -0.388 e. The molecule has 0 aliphatic rings. The topological polar surface area (TPSA) is 46.0 Å². The molecule has 1 aromatic heterocycles. The van der Waals surface area contributed by atoms with E-state index in [9.17, 15) is 5.11 Å². The molecule has 3 nitrogen and oxygen atoms in total. The van der Waals surface area contributed by atoms with Crippen molar-refractivity contribution in [2.24, 2.45) is 5.92 Å². The van der Waals surface area contributed by atoms with Crippen LogP contribution < -0.4 is 0 Å². The first-order chi connectivity index (χ1) is 5.22. The molecular formula is C8H12N2O. The van der Waals surface area contributed by atoms with E-state index in [1.807, 2.05) is 13.8 Å². The zero-order chi connectivity index (χ0) is 8.27. The molecule has 1 rings (SSSR count). The summed E-state index contributed by atoms with van der Waals surface area (Å²) in [4.78, 5) is 7.63. The van der Waals surface area contributed by atoms with Crippen molar-refractivity contribution in [2.45, 2.75) is 20.0 Å². The third-order valence-corrected chi connectivity index (χ3v) is 1.55. The Bertz CT molecular complexity index is 211. The molecule has 0 aliphatic carbocycles. The second-order valence-corrected chi connectivity index (χ2v) is 2.86. The van der Waals surface area contributed by atoms with Gasteiger partial charge in [0.2, 0.25) is 0 Å². The van der Waals surface area contributed by atoms with E-state index in [0.717, 1.165) is 5.56 Å². The summed E-state index contributed by atoms with van der Waals surface area (Å²) in [6, 6.07) is 0. The number of hydrogen-bond donors (Lipinski definition) is 1. The Balaban J connectivity index is 2.77. The van der Waals surface area contributed by atoms with Gasteiger partial charge in [-0.1, -0.05) is 13.8 Å². The van der Waals surface area contributed by atoms with Gasteiger partial charge in [-0.15, -0.1) is 0 Å². The zero-order valence-corrected chi connectivity index (χ0v) is 6.73. The molecular weight excluding hydrogens is 140 g/mol. The van der Waals surface area contributed by atoms with Crippen molar-refractivity contribution in [2.75, 3.05) is 0 Å². The van der Waals surface area contributed by atoms with Crippen LogP contribution in [-0.4, -0.2) is 15.1 Å². The highest BCUT2D eigenvalue weighted by Gasteiger charge is 2.11. The first-order valence-corrected chi connectivity index (χ1v) is 3.65. The second-order valence-electron chi connectivity index (χ2n) is 2.86. The van der Waals surface area contributed by atoms with E-state index in [4.69, 9.17) is 0 Å². The Kier molecular flexibility index (Phi) is 2.54. The number of rotatable bonds is 2. The Hall–Kier alpha value is -0.960. The highest BCUT2D eigenvalue weighted by atomic mass is 16.3. The molecule has 0 bridgehead atoms. The molecule has 0 amide bonds. The van der Waals surface area contributed by atoms with Crippen LogP contribution in [0.2, 0.25) is 0 Å². The number of nitrogens with zero attached hydrogens (tertiary/aromatic N) is 2. The summed E-state index contributed by atoms with van der Waals surface area (Å²) in [7, 11) is 0.